The first-order valence-corrected chi connectivity index (χ1v) is 10.0. The molecule has 0 radical (unpaired) electrons. The molecule has 2 N–H and O–H groups in total. The average molecular weight is 410 g/mol. The number of nitrogens with one attached hydrogen (secondary N) is 2. The molecule has 1 saturated carbocycles. The minimum atomic E-state index is -0.882. The Morgan fingerprint density at radius 2 is 1.53 bits per heavy atom. The Morgan fingerprint density at radius 1 is 0.900 bits per heavy atom. The summed E-state index contributed by atoms with van der Waals surface area (Å²) in [7, 11) is 0. The molecular formula is C23H26N2O5. The van der Waals surface area contributed by atoms with Crippen molar-refractivity contribution in [3.63, 3.8) is 0 Å². The summed E-state index contributed by atoms with van der Waals surface area (Å²) in [5, 5.41) is 5.14. The van der Waals surface area contributed by atoms with Crippen molar-refractivity contribution in [1.82, 2.24) is 10.6 Å². The molecule has 30 heavy (non-hydrogen) atoms. The Hall–Kier alpha value is -3.35. The number of carbonyl (C=O) groups excluding carboxylic acids is 3. The molecular weight excluding hydrogens is 384 g/mol. The second-order valence-corrected chi connectivity index (χ2v) is 7.29. The Balaban J connectivity index is 1.52. The van der Waals surface area contributed by atoms with E-state index in [4.69, 9.17) is 9.47 Å². The quantitative estimate of drug-likeness (QED) is 0.587. The van der Waals surface area contributed by atoms with E-state index in [9.17, 15) is 14.4 Å². The van der Waals surface area contributed by atoms with Gasteiger partial charge in [0.25, 0.3) is 0 Å². The number of hydrogen-bond acceptors (Lipinski definition) is 5. The Morgan fingerprint density at radius 3 is 2.17 bits per heavy atom. The van der Waals surface area contributed by atoms with Crippen LogP contribution in [0.25, 0.3) is 0 Å². The second kappa shape index (κ2) is 11.0. The van der Waals surface area contributed by atoms with Gasteiger partial charge < -0.3 is 20.1 Å². The van der Waals surface area contributed by atoms with E-state index in [0.717, 1.165) is 24.0 Å². The summed E-state index contributed by atoms with van der Waals surface area (Å²) in [6.07, 6.45) is 1.72. The fourth-order valence-electron chi connectivity index (χ4n) is 2.79. The monoisotopic (exact) mass is 410 g/mol. The van der Waals surface area contributed by atoms with Crippen LogP contribution in [0.1, 0.15) is 24.0 Å². The van der Waals surface area contributed by atoms with E-state index in [0.29, 0.717) is 12.5 Å². The van der Waals surface area contributed by atoms with Gasteiger partial charge in [0.2, 0.25) is 5.91 Å². The molecule has 1 aliphatic carbocycles. The molecule has 2 amide bonds. The molecule has 0 aliphatic heterocycles. The van der Waals surface area contributed by atoms with Gasteiger partial charge in [-0.25, -0.2) is 4.79 Å². The van der Waals surface area contributed by atoms with Crippen LogP contribution in [0.5, 0.6) is 0 Å². The van der Waals surface area contributed by atoms with Crippen molar-refractivity contribution in [3.8, 4) is 0 Å². The first kappa shape index (κ1) is 21.4. The van der Waals surface area contributed by atoms with Gasteiger partial charge in [-0.1, -0.05) is 60.7 Å². The topological polar surface area (TPSA) is 93.7 Å². The molecule has 1 atom stereocenters. The lowest BCUT2D eigenvalue weighted by molar-refractivity contribution is -0.144. The van der Waals surface area contributed by atoms with E-state index >= 15 is 0 Å². The summed E-state index contributed by atoms with van der Waals surface area (Å²) in [6.45, 7) is 0.254. The Bertz CT molecular complexity index is 837. The Kier molecular flexibility index (Phi) is 7.83. The molecule has 0 unspecified atom stereocenters. The van der Waals surface area contributed by atoms with Crippen LogP contribution < -0.4 is 10.6 Å². The van der Waals surface area contributed by atoms with Crippen molar-refractivity contribution < 1.29 is 23.9 Å². The van der Waals surface area contributed by atoms with Crippen LogP contribution in [0, 0.1) is 5.92 Å². The molecule has 3 rings (SSSR count). The van der Waals surface area contributed by atoms with Gasteiger partial charge in [0.1, 0.15) is 19.2 Å². The van der Waals surface area contributed by atoms with Crippen LogP contribution in [0.2, 0.25) is 0 Å². The smallest absolute Gasteiger partial charge is 0.408 e. The minimum absolute atomic E-state index is 0.0971. The summed E-state index contributed by atoms with van der Waals surface area (Å²) in [5.74, 6) is -0.504. The molecule has 158 valence electrons. The maximum Gasteiger partial charge on any atom is 0.408 e. The van der Waals surface area contributed by atoms with Gasteiger partial charge >= 0.3 is 12.1 Å². The van der Waals surface area contributed by atoms with Gasteiger partial charge in [-0.15, -0.1) is 0 Å². The number of esters is 1. The zero-order valence-electron chi connectivity index (χ0n) is 16.7. The first-order chi connectivity index (χ1) is 14.6. The van der Waals surface area contributed by atoms with Crippen molar-refractivity contribution >= 4 is 18.0 Å². The van der Waals surface area contributed by atoms with Crippen LogP contribution in [-0.2, 0) is 32.1 Å². The van der Waals surface area contributed by atoms with Gasteiger partial charge in [0, 0.05) is 6.42 Å². The standard InChI is InChI=1S/C23H26N2O5/c26-21(29-15-19-11-12-19)14-24-22(27)20(13-17-7-3-1-4-8-17)25-23(28)30-16-18-9-5-2-6-10-18/h1-10,19-20H,11-16H2,(H,24,27)(H,25,28)/t20-/m0/s1. The molecule has 0 spiro atoms. The number of hydrogen-bond donors (Lipinski definition) is 2. The largest absolute Gasteiger partial charge is 0.464 e. The number of benzene rings is 2. The lowest BCUT2D eigenvalue weighted by Crippen LogP contribution is -2.49. The predicted molar refractivity (Wildman–Crippen MR) is 110 cm³/mol. The van der Waals surface area contributed by atoms with Gasteiger partial charge in [-0.2, -0.15) is 0 Å². The van der Waals surface area contributed by atoms with Crippen LogP contribution in [0.15, 0.2) is 60.7 Å². The van der Waals surface area contributed by atoms with Gasteiger partial charge in [-0.3, -0.25) is 9.59 Å². The summed E-state index contributed by atoms with van der Waals surface area (Å²) < 4.78 is 10.3. The molecule has 0 bridgehead atoms. The Labute approximate surface area is 175 Å². The summed E-state index contributed by atoms with van der Waals surface area (Å²) in [6, 6.07) is 17.7. The number of alkyl carbamates (subject to hydrolysis) is 1. The van der Waals surface area contributed by atoms with Crippen LogP contribution in [0.3, 0.4) is 0 Å². The highest BCUT2D eigenvalue weighted by atomic mass is 16.5. The third kappa shape index (κ3) is 7.58. The number of ether oxygens (including phenoxy) is 2. The van der Waals surface area contributed by atoms with Gasteiger partial charge in [0.15, 0.2) is 0 Å². The number of amides is 2. The van der Waals surface area contributed by atoms with Crippen molar-refractivity contribution in [1.29, 1.82) is 0 Å². The van der Waals surface area contributed by atoms with Crippen molar-refractivity contribution in [2.24, 2.45) is 5.92 Å². The molecule has 7 nitrogen and oxygen atoms in total. The normalized spacial score (nSPS) is 13.7. The average Bonchev–Trinajstić information content (AvgIpc) is 3.60. The predicted octanol–water partition coefficient (Wildman–Crippen LogP) is 2.59. The van der Waals surface area contributed by atoms with E-state index in [-0.39, 0.29) is 19.6 Å². The first-order valence-electron chi connectivity index (χ1n) is 10.0. The van der Waals surface area contributed by atoms with Crippen molar-refractivity contribution in [2.45, 2.75) is 31.9 Å². The highest BCUT2D eigenvalue weighted by molar-refractivity contribution is 5.88. The van der Waals surface area contributed by atoms with E-state index in [1.54, 1.807) is 0 Å². The van der Waals surface area contributed by atoms with E-state index in [1.807, 2.05) is 60.7 Å². The van der Waals surface area contributed by atoms with E-state index in [1.165, 1.54) is 0 Å². The lowest BCUT2D eigenvalue weighted by atomic mass is 10.1. The molecule has 2 aromatic rings. The summed E-state index contributed by atoms with van der Waals surface area (Å²) >= 11 is 0. The minimum Gasteiger partial charge on any atom is -0.464 e. The van der Waals surface area contributed by atoms with E-state index < -0.39 is 24.0 Å². The van der Waals surface area contributed by atoms with Crippen LogP contribution in [-0.4, -0.2) is 37.2 Å². The summed E-state index contributed by atoms with van der Waals surface area (Å²) in [4.78, 5) is 36.7. The summed E-state index contributed by atoms with van der Waals surface area (Å²) in [5.41, 5.74) is 1.72. The molecule has 7 heteroatoms. The maximum atomic E-state index is 12.6. The molecule has 0 aromatic heterocycles. The maximum absolute atomic E-state index is 12.6. The highest BCUT2D eigenvalue weighted by Crippen LogP contribution is 2.28. The molecule has 2 aromatic carbocycles. The number of rotatable bonds is 10. The zero-order chi connectivity index (χ0) is 21.2. The van der Waals surface area contributed by atoms with Gasteiger partial charge in [-0.05, 0) is 29.9 Å². The van der Waals surface area contributed by atoms with E-state index in [2.05, 4.69) is 10.6 Å². The third-order valence-corrected chi connectivity index (χ3v) is 4.69. The van der Waals surface area contributed by atoms with Crippen LogP contribution >= 0.6 is 0 Å². The van der Waals surface area contributed by atoms with Crippen molar-refractivity contribution in [3.05, 3.63) is 71.8 Å². The lowest BCUT2D eigenvalue weighted by Gasteiger charge is -2.18. The second-order valence-electron chi connectivity index (χ2n) is 7.29. The zero-order valence-corrected chi connectivity index (χ0v) is 16.7. The molecule has 0 heterocycles. The third-order valence-electron chi connectivity index (χ3n) is 4.69. The SMILES string of the molecule is O=C(CNC(=O)[C@H](Cc1ccccc1)NC(=O)OCc1ccccc1)OCC1CC1. The number of carbonyl (C=O) groups is 3. The molecule has 1 aliphatic rings. The van der Waals surface area contributed by atoms with Gasteiger partial charge in [0.05, 0.1) is 6.61 Å². The fourth-order valence-corrected chi connectivity index (χ4v) is 2.79. The fraction of sp³-hybridized carbons (Fsp3) is 0.348. The van der Waals surface area contributed by atoms with Crippen molar-refractivity contribution in [2.75, 3.05) is 13.2 Å². The molecule has 1 fully saturated rings. The van der Waals surface area contributed by atoms with Crippen LogP contribution in [0.4, 0.5) is 4.79 Å². The molecule has 0 saturated heterocycles. The highest BCUT2D eigenvalue weighted by Gasteiger charge is 2.25.